The number of likely N-dealkylation sites (tertiary alicyclic amines) is 1. The molecule has 0 bridgehead atoms. The molecule has 0 spiro atoms. The van der Waals surface area contributed by atoms with E-state index in [-0.39, 0.29) is 11.7 Å². The van der Waals surface area contributed by atoms with E-state index >= 15 is 0 Å². The van der Waals surface area contributed by atoms with Crippen LogP contribution in [0, 0.1) is 0 Å². The summed E-state index contributed by atoms with van der Waals surface area (Å²) in [6.45, 7) is 12.0. The minimum Gasteiger partial charge on any atom is -0.478 e. The Morgan fingerprint density at radius 2 is 1.70 bits per heavy atom. The second-order valence-corrected chi connectivity index (χ2v) is 9.00. The van der Waals surface area contributed by atoms with Gasteiger partial charge in [0.05, 0.1) is 5.56 Å². The number of piperazine rings is 1. The summed E-state index contributed by atoms with van der Waals surface area (Å²) < 4.78 is 5.45. The van der Waals surface area contributed by atoms with Gasteiger partial charge in [0.1, 0.15) is 5.60 Å². The average molecular weight is 419 g/mol. The minimum absolute atomic E-state index is 0.269. The van der Waals surface area contributed by atoms with Crippen molar-refractivity contribution in [2.45, 2.75) is 39.2 Å². The number of carbonyl (C=O) groups is 2. The first-order chi connectivity index (χ1) is 14.2. The molecular formula is C22H34N4O4. The Morgan fingerprint density at radius 3 is 2.30 bits per heavy atom. The normalized spacial score (nSPS) is 17.8. The van der Waals surface area contributed by atoms with Crippen LogP contribution in [0.15, 0.2) is 18.2 Å². The van der Waals surface area contributed by atoms with Gasteiger partial charge in [0.2, 0.25) is 0 Å². The van der Waals surface area contributed by atoms with Gasteiger partial charge in [-0.3, -0.25) is 0 Å². The minimum atomic E-state index is -0.938. The number of ether oxygens (including phenoxy) is 1. The third-order valence-corrected chi connectivity index (χ3v) is 5.42. The van der Waals surface area contributed by atoms with Crippen molar-refractivity contribution < 1.29 is 19.4 Å². The van der Waals surface area contributed by atoms with Crippen molar-refractivity contribution in [1.82, 2.24) is 9.80 Å². The van der Waals surface area contributed by atoms with Crippen LogP contribution in [0.4, 0.5) is 16.2 Å². The number of nitrogens with one attached hydrogen (secondary N) is 1. The van der Waals surface area contributed by atoms with Crippen LogP contribution in [-0.2, 0) is 4.74 Å². The van der Waals surface area contributed by atoms with E-state index in [0.717, 1.165) is 37.6 Å². The molecule has 0 unspecified atom stereocenters. The predicted molar refractivity (Wildman–Crippen MR) is 118 cm³/mol. The van der Waals surface area contributed by atoms with Gasteiger partial charge >= 0.3 is 12.1 Å². The number of carboxylic acid groups (broad SMARTS) is 1. The van der Waals surface area contributed by atoms with Crippen molar-refractivity contribution in [2.24, 2.45) is 0 Å². The van der Waals surface area contributed by atoms with Gasteiger partial charge in [0.15, 0.2) is 0 Å². The molecule has 8 heteroatoms. The summed E-state index contributed by atoms with van der Waals surface area (Å²) in [5, 5.41) is 12.9. The zero-order chi connectivity index (χ0) is 21.7. The van der Waals surface area contributed by atoms with E-state index in [1.807, 2.05) is 26.8 Å². The molecule has 0 aromatic heterocycles. The van der Waals surface area contributed by atoms with Gasteiger partial charge in [-0.1, -0.05) is 0 Å². The summed E-state index contributed by atoms with van der Waals surface area (Å²) in [5.41, 5.74) is 1.44. The molecule has 0 saturated carbocycles. The molecule has 0 atom stereocenters. The number of aromatic carboxylic acids is 1. The van der Waals surface area contributed by atoms with Crippen molar-refractivity contribution in [3.8, 4) is 0 Å². The highest BCUT2D eigenvalue weighted by Gasteiger charge is 2.26. The highest BCUT2D eigenvalue weighted by molar-refractivity contribution is 5.90. The van der Waals surface area contributed by atoms with Crippen LogP contribution in [-0.4, -0.2) is 84.9 Å². The number of anilines is 2. The average Bonchev–Trinajstić information content (AvgIpc) is 3.20. The summed E-state index contributed by atoms with van der Waals surface area (Å²) in [4.78, 5) is 30.1. The van der Waals surface area contributed by atoms with Gasteiger partial charge in [-0.05, 0) is 64.9 Å². The maximum atomic E-state index is 12.3. The van der Waals surface area contributed by atoms with E-state index in [4.69, 9.17) is 4.74 Å². The Hall–Kier alpha value is -2.48. The van der Waals surface area contributed by atoms with Crippen LogP contribution in [0.1, 0.15) is 44.0 Å². The molecule has 2 aliphatic rings. The Kier molecular flexibility index (Phi) is 7.07. The topological polar surface area (TPSA) is 85.4 Å². The molecule has 1 aromatic rings. The predicted octanol–water partition coefficient (Wildman–Crippen LogP) is 2.95. The lowest BCUT2D eigenvalue weighted by Gasteiger charge is -2.37. The van der Waals surface area contributed by atoms with Crippen molar-refractivity contribution >= 4 is 23.4 Å². The van der Waals surface area contributed by atoms with Gasteiger partial charge in [-0.25, -0.2) is 9.59 Å². The van der Waals surface area contributed by atoms with Gasteiger partial charge in [-0.2, -0.15) is 0 Å². The van der Waals surface area contributed by atoms with Gasteiger partial charge in [0, 0.05) is 50.6 Å². The first kappa shape index (κ1) is 22.2. The van der Waals surface area contributed by atoms with Crippen LogP contribution in [0.2, 0.25) is 0 Å². The number of amides is 1. The highest BCUT2D eigenvalue weighted by Crippen LogP contribution is 2.24. The summed E-state index contributed by atoms with van der Waals surface area (Å²) in [5.74, 6) is -0.938. The second-order valence-electron chi connectivity index (χ2n) is 9.00. The van der Waals surface area contributed by atoms with Crippen molar-refractivity contribution in [3.63, 3.8) is 0 Å². The summed E-state index contributed by atoms with van der Waals surface area (Å²) in [7, 11) is 0. The van der Waals surface area contributed by atoms with Crippen LogP contribution in [0.5, 0.6) is 0 Å². The number of rotatable bonds is 6. The fourth-order valence-corrected chi connectivity index (χ4v) is 3.86. The Bertz CT molecular complexity index is 748. The monoisotopic (exact) mass is 418 g/mol. The van der Waals surface area contributed by atoms with E-state index in [1.165, 1.54) is 12.8 Å². The second kappa shape index (κ2) is 9.55. The first-order valence-electron chi connectivity index (χ1n) is 10.8. The van der Waals surface area contributed by atoms with Crippen molar-refractivity contribution in [1.29, 1.82) is 0 Å². The number of nitrogens with zero attached hydrogens (tertiary/aromatic N) is 3. The number of hydrogen-bond donors (Lipinski definition) is 2. The quantitative estimate of drug-likeness (QED) is 0.735. The van der Waals surface area contributed by atoms with E-state index in [1.54, 1.807) is 17.0 Å². The summed E-state index contributed by atoms with van der Waals surface area (Å²) in [6, 6.07) is 5.39. The first-order valence-corrected chi connectivity index (χ1v) is 10.8. The third kappa shape index (κ3) is 6.26. The molecule has 0 aliphatic carbocycles. The fraction of sp³-hybridized carbons (Fsp3) is 0.636. The molecule has 2 aliphatic heterocycles. The molecule has 30 heavy (non-hydrogen) atoms. The zero-order valence-electron chi connectivity index (χ0n) is 18.3. The molecule has 0 radical (unpaired) electrons. The fourth-order valence-electron chi connectivity index (χ4n) is 3.86. The molecule has 2 saturated heterocycles. The van der Waals surface area contributed by atoms with Crippen LogP contribution >= 0.6 is 0 Å². The van der Waals surface area contributed by atoms with Gasteiger partial charge < -0.3 is 29.9 Å². The lowest BCUT2D eigenvalue weighted by atomic mass is 10.1. The smallest absolute Gasteiger partial charge is 0.410 e. The number of benzene rings is 1. The molecule has 8 nitrogen and oxygen atoms in total. The highest BCUT2D eigenvalue weighted by atomic mass is 16.6. The van der Waals surface area contributed by atoms with Crippen LogP contribution in [0.3, 0.4) is 0 Å². The van der Waals surface area contributed by atoms with Crippen molar-refractivity contribution in [3.05, 3.63) is 23.8 Å². The third-order valence-electron chi connectivity index (χ3n) is 5.42. The number of carboxylic acids is 1. The Morgan fingerprint density at radius 1 is 1.03 bits per heavy atom. The van der Waals surface area contributed by atoms with Crippen LogP contribution in [0.25, 0.3) is 0 Å². The molecular weight excluding hydrogens is 384 g/mol. The number of hydrogen-bond acceptors (Lipinski definition) is 6. The molecule has 2 fully saturated rings. The zero-order valence-corrected chi connectivity index (χ0v) is 18.3. The Balaban J connectivity index is 1.61. The van der Waals surface area contributed by atoms with Gasteiger partial charge in [0.25, 0.3) is 0 Å². The maximum Gasteiger partial charge on any atom is 0.410 e. The summed E-state index contributed by atoms with van der Waals surface area (Å²) in [6.07, 6.45) is 2.22. The standard InChI is InChI=1S/C22H34N4O4/c1-22(2,3)30-21(29)26-12-10-25(11-13-26)19-15-17(20(27)28)14-18(16-19)23-6-9-24-7-4-5-8-24/h14-16,23H,4-13H2,1-3H3,(H,27,28). The van der Waals surface area contributed by atoms with E-state index in [9.17, 15) is 14.7 Å². The molecule has 2 heterocycles. The number of carbonyl (C=O) groups excluding carboxylic acids is 1. The van der Waals surface area contributed by atoms with E-state index in [2.05, 4.69) is 15.1 Å². The van der Waals surface area contributed by atoms with Crippen molar-refractivity contribution in [2.75, 3.05) is 62.6 Å². The molecule has 1 amide bonds. The summed E-state index contributed by atoms with van der Waals surface area (Å²) >= 11 is 0. The SMILES string of the molecule is CC(C)(C)OC(=O)N1CCN(c2cc(NCCN3CCCC3)cc(C(=O)O)c2)CC1. The van der Waals surface area contributed by atoms with E-state index < -0.39 is 11.6 Å². The lowest BCUT2D eigenvalue weighted by Crippen LogP contribution is -2.50. The van der Waals surface area contributed by atoms with Crippen LogP contribution < -0.4 is 10.2 Å². The molecule has 166 valence electrons. The Labute approximate surface area is 178 Å². The lowest BCUT2D eigenvalue weighted by molar-refractivity contribution is 0.0240. The molecule has 2 N–H and O–H groups in total. The van der Waals surface area contributed by atoms with Gasteiger partial charge in [-0.15, -0.1) is 0 Å². The largest absolute Gasteiger partial charge is 0.478 e. The maximum absolute atomic E-state index is 12.3. The molecule has 1 aromatic carbocycles. The van der Waals surface area contributed by atoms with E-state index in [0.29, 0.717) is 26.2 Å². The molecule has 3 rings (SSSR count).